The van der Waals surface area contributed by atoms with E-state index in [0.717, 1.165) is 34.3 Å². The fourth-order valence-electron chi connectivity index (χ4n) is 1.82. The highest BCUT2D eigenvalue weighted by atomic mass is 79.9. The smallest absolute Gasteiger partial charge is 0.148 e. The molecule has 0 unspecified atom stereocenters. The first kappa shape index (κ1) is 13.3. The van der Waals surface area contributed by atoms with Gasteiger partial charge in [-0.15, -0.1) is 0 Å². The molecule has 2 aromatic rings. The van der Waals surface area contributed by atoms with Gasteiger partial charge in [0.25, 0.3) is 0 Å². The van der Waals surface area contributed by atoms with Crippen molar-refractivity contribution in [2.24, 2.45) is 0 Å². The van der Waals surface area contributed by atoms with E-state index in [0.29, 0.717) is 6.54 Å². The summed E-state index contributed by atoms with van der Waals surface area (Å²) in [6.45, 7) is 3.64. The third-order valence-corrected chi connectivity index (χ3v) is 3.30. The maximum atomic E-state index is 13.3. The molecule has 0 bridgehead atoms. The minimum Gasteiger partial charge on any atom is -0.463 e. The van der Waals surface area contributed by atoms with Crippen LogP contribution in [0.4, 0.5) is 4.39 Å². The van der Waals surface area contributed by atoms with Crippen LogP contribution in [0.25, 0.3) is 11.3 Å². The highest BCUT2D eigenvalue weighted by Crippen LogP contribution is 2.32. The van der Waals surface area contributed by atoms with Crippen molar-refractivity contribution in [2.45, 2.75) is 19.9 Å². The van der Waals surface area contributed by atoms with Gasteiger partial charge in [-0.2, -0.15) is 0 Å². The Kier molecular flexibility index (Phi) is 4.55. The second-order valence-electron chi connectivity index (χ2n) is 4.08. The third kappa shape index (κ3) is 3.00. The molecule has 0 radical (unpaired) electrons. The van der Waals surface area contributed by atoms with Gasteiger partial charge in [0.05, 0.1) is 10.7 Å². The highest BCUT2D eigenvalue weighted by Gasteiger charge is 2.12. The molecule has 18 heavy (non-hydrogen) atoms. The van der Waals surface area contributed by atoms with Gasteiger partial charge < -0.3 is 9.73 Å². The number of benzene rings is 1. The topological polar surface area (TPSA) is 25.2 Å². The number of nitrogens with one attached hydrogen (secondary N) is 1. The quantitative estimate of drug-likeness (QED) is 0.831. The summed E-state index contributed by atoms with van der Waals surface area (Å²) in [5.74, 6) is 0.512. The minimum atomic E-state index is -0.227. The number of furan rings is 1. The molecule has 1 heterocycles. The van der Waals surface area contributed by atoms with Crippen LogP contribution in [0, 0.1) is 5.82 Å². The van der Waals surface area contributed by atoms with E-state index in [4.69, 9.17) is 4.42 Å². The van der Waals surface area contributed by atoms with Crippen LogP contribution >= 0.6 is 15.9 Å². The van der Waals surface area contributed by atoms with Crippen molar-refractivity contribution in [2.75, 3.05) is 6.54 Å². The number of hydrogen-bond donors (Lipinski definition) is 1. The summed E-state index contributed by atoms with van der Waals surface area (Å²) in [4.78, 5) is 0. The average molecular weight is 312 g/mol. The first-order valence-corrected chi connectivity index (χ1v) is 6.74. The molecule has 0 aliphatic rings. The Labute approximate surface area is 114 Å². The molecule has 2 nitrogen and oxygen atoms in total. The van der Waals surface area contributed by atoms with Crippen LogP contribution in [0.15, 0.2) is 39.4 Å². The predicted octanol–water partition coefficient (Wildman–Crippen LogP) is 4.35. The van der Waals surface area contributed by atoms with Crippen LogP contribution in [-0.4, -0.2) is 6.54 Å². The first-order valence-electron chi connectivity index (χ1n) is 5.95. The second kappa shape index (κ2) is 6.16. The van der Waals surface area contributed by atoms with Crippen molar-refractivity contribution < 1.29 is 8.81 Å². The lowest BCUT2D eigenvalue weighted by atomic mass is 10.0. The van der Waals surface area contributed by atoms with Gasteiger partial charge in [0.1, 0.15) is 11.6 Å². The van der Waals surface area contributed by atoms with Gasteiger partial charge in [0.15, 0.2) is 0 Å². The largest absolute Gasteiger partial charge is 0.463 e. The highest BCUT2D eigenvalue weighted by molar-refractivity contribution is 9.10. The minimum absolute atomic E-state index is 0.227. The van der Waals surface area contributed by atoms with Crippen molar-refractivity contribution in [1.29, 1.82) is 0 Å². The van der Waals surface area contributed by atoms with Gasteiger partial charge in [-0.05, 0) is 58.7 Å². The Bertz CT molecular complexity index is 524. The van der Waals surface area contributed by atoms with Gasteiger partial charge in [0, 0.05) is 12.1 Å². The number of hydrogen-bond acceptors (Lipinski definition) is 2. The summed E-state index contributed by atoms with van der Waals surface area (Å²) < 4.78 is 19.6. The number of halogens is 2. The Morgan fingerprint density at radius 2 is 2.17 bits per heavy atom. The van der Waals surface area contributed by atoms with E-state index >= 15 is 0 Å². The first-order chi connectivity index (χ1) is 8.72. The van der Waals surface area contributed by atoms with E-state index in [9.17, 15) is 4.39 Å². The summed E-state index contributed by atoms with van der Waals surface area (Å²) in [7, 11) is 0. The molecule has 2 rings (SSSR count). The zero-order valence-corrected chi connectivity index (χ0v) is 11.8. The molecule has 1 N–H and O–H groups in total. The predicted molar refractivity (Wildman–Crippen MR) is 73.8 cm³/mol. The monoisotopic (exact) mass is 311 g/mol. The van der Waals surface area contributed by atoms with E-state index in [1.54, 1.807) is 18.4 Å². The molecule has 0 aliphatic heterocycles. The van der Waals surface area contributed by atoms with Crippen LogP contribution in [0.2, 0.25) is 0 Å². The van der Waals surface area contributed by atoms with E-state index in [2.05, 4.69) is 28.2 Å². The van der Waals surface area contributed by atoms with E-state index in [1.807, 2.05) is 6.07 Å². The van der Waals surface area contributed by atoms with Gasteiger partial charge in [-0.25, -0.2) is 4.39 Å². The van der Waals surface area contributed by atoms with Crippen molar-refractivity contribution in [3.05, 3.63) is 46.4 Å². The molecule has 0 saturated carbocycles. The van der Waals surface area contributed by atoms with Crippen molar-refractivity contribution >= 4 is 15.9 Å². The summed E-state index contributed by atoms with van der Waals surface area (Å²) in [5.41, 5.74) is 1.82. The molecule has 0 saturated heterocycles. The zero-order chi connectivity index (χ0) is 13.0. The third-order valence-electron chi connectivity index (χ3n) is 2.67. The summed E-state index contributed by atoms with van der Waals surface area (Å²) in [6.07, 6.45) is 2.67. The normalized spacial score (nSPS) is 10.8. The zero-order valence-electron chi connectivity index (χ0n) is 10.2. The molecular weight excluding hydrogens is 297 g/mol. The van der Waals surface area contributed by atoms with Crippen molar-refractivity contribution in [3.8, 4) is 11.3 Å². The summed E-state index contributed by atoms with van der Waals surface area (Å²) in [5, 5.41) is 3.28. The maximum Gasteiger partial charge on any atom is 0.148 e. The maximum absolute atomic E-state index is 13.3. The molecule has 1 aromatic carbocycles. The molecule has 0 spiro atoms. The lowest BCUT2D eigenvalue weighted by Gasteiger charge is -2.09. The second-order valence-corrected chi connectivity index (χ2v) is 4.93. The van der Waals surface area contributed by atoms with Crippen LogP contribution in [-0.2, 0) is 6.54 Å². The van der Waals surface area contributed by atoms with Crippen LogP contribution in [0.1, 0.15) is 18.9 Å². The molecular formula is C14H15BrFNO. The molecule has 0 fully saturated rings. The fraction of sp³-hybridized carbons (Fsp3) is 0.286. The summed E-state index contributed by atoms with van der Waals surface area (Å²) in [6, 6.07) is 6.59. The lowest BCUT2D eigenvalue weighted by molar-refractivity contribution is 0.577. The molecule has 96 valence electrons. The van der Waals surface area contributed by atoms with Gasteiger partial charge in [0.2, 0.25) is 0 Å². The lowest BCUT2D eigenvalue weighted by Crippen LogP contribution is -2.14. The van der Waals surface area contributed by atoms with E-state index < -0.39 is 0 Å². The van der Waals surface area contributed by atoms with Gasteiger partial charge in [-0.1, -0.05) is 6.92 Å². The van der Waals surface area contributed by atoms with E-state index in [1.165, 1.54) is 6.07 Å². The SMILES string of the molecule is CCCNCc1cc(F)ccc1-c1occc1Br. The Morgan fingerprint density at radius 1 is 1.33 bits per heavy atom. The van der Waals surface area contributed by atoms with Crippen molar-refractivity contribution in [1.82, 2.24) is 5.32 Å². The molecule has 4 heteroatoms. The molecule has 1 aromatic heterocycles. The van der Waals surface area contributed by atoms with Crippen LogP contribution in [0.5, 0.6) is 0 Å². The molecule has 0 amide bonds. The standard InChI is InChI=1S/C14H15BrFNO/c1-2-6-17-9-10-8-11(16)3-4-12(10)14-13(15)5-7-18-14/h3-5,7-8,17H,2,6,9H2,1H3. The van der Waals surface area contributed by atoms with Crippen LogP contribution < -0.4 is 5.32 Å². The molecule has 0 aliphatic carbocycles. The van der Waals surface area contributed by atoms with Crippen LogP contribution in [0.3, 0.4) is 0 Å². The average Bonchev–Trinajstić information content (AvgIpc) is 2.76. The Morgan fingerprint density at radius 3 is 2.83 bits per heavy atom. The summed E-state index contributed by atoms with van der Waals surface area (Å²) >= 11 is 3.43. The Balaban J connectivity index is 2.32. The fourth-order valence-corrected chi connectivity index (χ4v) is 2.23. The van der Waals surface area contributed by atoms with E-state index in [-0.39, 0.29) is 5.82 Å². The van der Waals surface area contributed by atoms with Crippen molar-refractivity contribution in [3.63, 3.8) is 0 Å². The van der Waals surface area contributed by atoms with Gasteiger partial charge >= 0.3 is 0 Å². The van der Waals surface area contributed by atoms with Gasteiger partial charge in [-0.3, -0.25) is 0 Å². The molecule has 0 atom stereocenters. The Hall–Kier alpha value is -1.13. The number of rotatable bonds is 5.